The number of benzene rings is 1. The van der Waals surface area contributed by atoms with Gasteiger partial charge < -0.3 is 10.2 Å². The molecule has 1 heterocycles. The Kier molecular flexibility index (Phi) is 3.47. The van der Waals surface area contributed by atoms with Gasteiger partial charge in [0.15, 0.2) is 0 Å². The molecule has 1 atom stereocenters. The zero-order valence-corrected chi connectivity index (χ0v) is 10.2. The largest absolute Gasteiger partial charge is 0.478 e. The lowest BCUT2D eigenvalue weighted by molar-refractivity contribution is 0.0692. The first-order chi connectivity index (χ1) is 8.09. The SMILES string of the molecule is O=C(O)c1ccsc1C(O)c1cccc(Cl)c1. The molecule has 3 nitrogen and oxygen atoms in total. The summed E-state index contributed by atoms with van der Waals surface area (Å²) in [5, 5.41) is 21.3. The average Bonchev–Trinajstić information content (AvgIpc) is 2.77. The van der Waals surface area contributed by atoms with Gasteiger partial charge >= 0.3 is 5.97 Å². The summed E-state index contributed by atoms with van der Waals surface area (Å²) in [5.41, 5.74) is 0.713. The number of aliphatic hydroxyl groups is 1. The minimum atomic E-state index is -1.04. The van der Waals surface area contributed by atoms with E-state index in [0.717, 1.165) is 0 Å². The van der Waals surface area contributed by atoms with Crippen LogP contribution in [0.2, 0.25) is 5.02 Å². The van der Waals surface area contributed by atoms with Gasteiger partial charge in [-0.2, -0.15) is 0 Å². The molecule has 0 aliphatic heterocycles. The van der Waals surface area contributed by atoms with Gasteiger partial charge in [-0.05, 0) is 29.1 Å². The summed E-state index contributed by atoms with van der Waals surface area (Å²) in [4.78, 5) is 11.4. The predicted molar refractivity (Wildman–Crippen MR) is 66.8 cm³/mol. The molecule has 2 N–H and O–H groups in total. The molecule has 0 radical (unpaired) electrons. The summed E-state index contributed by atoms with van der Waals surface area (Å²) >= 11 is 7.04. The Labute approximate surface area is 107 Å². The quantitative estimate of drug-likeness (QED) is 0.899. The third kappa shape index (κ3) is 2.49. The summed E-state index contributed by atoms with van der Waals surface area (Å²) in [5.74, 6) is -1.04. The molecule has 1 aromatic heterocycles. The Balaban J connectivity index is 2.40. The maximum atomic E-state index is 11.0. The number of thiophene rings is 1. The van der Waals surface area contributed by atoms with Crippen LogP contribution in [0.1, 0.15) is 26.9 Å². The Hall–Kier alpha value is -1.36. The first kappa shape index (κ1) is 12.1. The zero-order chi connectivity index (χ0) is 12.4. The Morgan fingerprint density at radius 3 is 2.76 bits per heavy atom. The van der Waals surface area contributed by atoms with Crippen molar-refractivity contribution >= 4 is 28.9 Å². The zero-order valence-electron chi connectivity index (χ0n) is 8.63. The summed E-state index contributed by atoms with van der Waals surface area (Å²) in [6, 6.07) is 8.23. The van der Waals surface area contributed by atoms with Gasteiger partial charge in [0, 0.05) is 5.02 Å². The maximum absolute atomic E-state index is 11.0. The molecule has 88 valence electrons. The van der Waals surface area contributed by atoms with Gasteiger partial charge in [0.2, 0.25) is 0 Å². The fourth-order valence-electron chi connectivity index (χ4n) is 1.54. The average molecular weight is 269 g/mol. The summed E-state index contributed by atoms with van der Waals surface area (Å²) in [7, 11) is 0. The number of rotatable bonds is 3. The normalized spacial score (nSPS) is 12.4. The summed E-state index contributed by atoms with van der Waals surface area (Å²) < 4.78 is 0. The number of halogens is 1. The van der Waals surface area contributed by atoms with Gasteiger partial charge in [0.05, 0.1) is 10.4 Å². The molecule has 0 fully saturated rings. The van der Waals surface area contributed by atoms with Crippen LogP contribution in [0.4, 0.5) is 0 Å². The predicted octanol–water partition coefficient (Wildman–Crippen LogP) is 3.18. The van der Waals surface area contributed by atoms with E-state index in [4.69, 9.17) is 16.7 Å². The fraction of sp³-hybridized carbons (Fsp3) is 0.0833. The second-order valence-electron chi connectivity index (χ2n) is 3.46. The van der Waals surface area contributed by atoms with E-state index in [1.165, 1.54) is 17.4 Å². The van der Waals surface area contributed by atoms with Crippen LogP contribution in [0.3, 0.4) is 0 Å². The van der Waals surface area contributed by atoms with Crippen LogP contribution >= 0.6 is 22.9 Å². The second-order valence-corrected chi connectivity index (χ2v) is 4.85. The second kappa shape index (κ2) is 4.87. The minimum Gasteiger partial charge on any atom is -0.478 e. The molecule has 0 amide bonds. The van der Waals surface area contributed by atoms with Crippen molar-refractivity contribution in [2.75, 3.05) is 0 Å². The lowest BCUT2D eigenvalue weighted by Crippen LogP contribution is -2.04. The first-order valence-corrected chi connectivity index (χ1v) is 6.09. The molecule has 2 rings (SSSR count). The molecule has 0 spiro atoms. The third-order valence-corrected chi connectivity index (χ3v) is 3.54. The molecule has 0 saturated heterocycles. The van der Waals surface area contributed by atoms with E-state index in [1.54, 1.807) is 29.6 Å². The highest BCUT2D eigenvalue weighted by atomic mass is 35.5. The number of carbonyl (C=O) groups is 1. The van der Waals surface area contributed by atoms with Gasteiger partial charge in [0.25, 0.3) is 0 Å². The molecule has 0 bridgehead atoms. The van der Waals surface area contributed by atoms with Crippen molar-refractivity contribution < 1.29 is 15.0 Å². The van der Waals surface area contributed by atoms with Crippen LogP contribution in [-0.4, -0.2) is 16.2 Å². The highest BCUT2D eigenvalue weighted by Crippen LogP contribution is 2.30. The van der Waals surface area contributed by atoms with Gasteiger partial charge in [0.1, 0.15) is 6.10 Å². The molecular formula is C12H9ClO3S. The Bertz CT molecular complexity index is 550. The molecule has 0 aliphatic carbocycles. The van der Waals surface area contributed by atoms with Crippen LogP contribution in [0.5, 0.6) is 0 Å². The minimum absolute atomic E-state index is 0.127. The van der Waals surface area contributed by atoms with Crippen molar-refractivity contribution in [2.45, 2.75) is 6.10 Å². The van der Waals surface area contributed by atoms with Crippen LogP contribution < -0.4 is 0 Å². The van der Waals surface area contributed by atoms with E-state index in [-0.39, 0.29) is 5.56 Å². The third-order valence-electron chi connectivity index (χ3n) is 2.34. The molecular weight excluding hydrogens is 260 g/mol. The van der Waals surface area contributed by atoms with Gasteiger partial charge in [-0.25, -0.2) is 4.79 Å². The van der Waals surface area contributed by atoms with Crippen LogP contribution in [0.15, 0.2) is 35.7 Å². The topological polar surface area (TPSA) is 57.5 Å². The maximum Gasteiger partial charge on any atom is 0.336 e. The highest BCUT2D eigenvalue weighted by molar-refractivity contribution is 7.10. The Morgan fingerprint density at radius 2 is 2.12 bits per heavy atom. The smallest absolute Gasteiger partial charge is 0.336 e. The highest BCUT2D eigenvalue weighted by Gasteiger charge is 2.20. The number of aliphatic hydroxyl groups excluding tert-OH is 1. The lowest BCUT2D eigenvalue weighted by atomic mass is 10.1. The summed E-state index contributed by atoms with van der Waals surface area (Å²) in [6.07, 6.45) is -0.959. The lowest BCUT2D eigenvalue weighted by Gasteiger charge is -2.10. The molecule has 1 unspecified atom stereocenters. The standard InChI is InChI=1S/C12H9ClO3S/c13-8-3-1-2-7(6-8)10(14)11-9(12(15)16)4-5-17-11/h1-6,10,14H,(H,15,16). The molecule has 17 heavy (non-hydrogen) atoms. The van der Waals surface area contributed by atoms with Gasteiger partial charge in [-0.15, -0.1) is 11.3 Å². The number of hydrogen-bond donors (Lipinski definition) is 2. The van der Waals surface area contributed by atoms with Crippen molar-refractivity contribution in [1.82, 2.24) is 0 Å². The van der Waals surface area contributed by atoms with E-state index in [2.05, 4.69) is 0 Å². The summed E-state index contributed by atoms with van der Waals surface area (Å²) in [6.45, 7) is 0. The van der Waals surface area contributed by atoms with Crippen molar-refractivity contribution in [2.24, 2.45) is 0 Å². The monoisotopic (exact) mass is 268 g/mol. The molecule has 2 aromatic rings. The number of carboxylic acid groups (broad SMARTS) is 1. The first-order valence-electron chi connectivity index (χ1n) is 4.84. The Morgan fingerprint density at radius 1 is 1.35 bits per heavy atom. The van der Waals surface area contributed by atoms with E-state index >= 15 is 0 Å². The molecule has 1 aromatic carbocycles. The number of aromatic carboxylic acids is 1. The molecule has 0 aliphatic rings. The van der Waals surface area contributed by atoms with Crippen LogP contribution in [0.25, 0.3) is 0 Å². The van der Waals surface area contributed by atoms with E-state index in [1.807, 2.05) is 0 Å². The number of hydrogen-bond acceptors (Lipinski definition) is 3. The molecule has 5 heteroatoms. The van der Waals surface area contributed by atoms with E-state index in [0.29, 0.717) is 15.5 Å². The van der Waals surface area contributed by atoms with E-state index in [9.17, 15) is 9.90 Å². The van der Waals surface area contributed by atoms with Crippen LogP contribution in [-0.2, 0) is 0 Å². The van der Waals surface area contributed by atoms with Crippen molar-refractivity contribution in [3.05, 3.63) is 56.7 Å². The van der Waals surface area contributed by atoms with Crippen molar-refractivity contribution in [3.63, 3.8) is 0 Å². The van der Waals surface area contributed by atoms with Gasteiger partial charge in [-0.3, -0.25) is 0 Å². The van der Waals surface area contributed by atoms with Crippen LogP contribution in [0, 0.1) is 0 Å². The van der Waals surface area contributed by atoms with Crippen molar-refractivity contribution in [3.8, 4) is 0 Å². The molecule has 0 saturated carbocycles. The van der Waals surface area contributed by atoms with Crippen molar-refractivity contribution in [1.29, 1.82) is 0 Å². The number of carboxylic acids is 1. The fourth-order valence-corrected chi connectivity index (χ4v) is 2.63. The van der Waals surface area contributed by atoms with Gasteiger partial charge in [-0.1, -0.05) is 23.7 Å². The van der Waals surface area contributed by atoms with E-state index < -0.39 is 12.1 Å².